The van der Waals surface area contributed by atoms with Crippen molar-refractivity contribution in [3.05, 3.63) is 88.2 Å². The number of hydrogen-bond acceptors (Lipinski definition) is 4. The number of allylic oxidation sites excluding steroid dienone is 2. The van der Waals surface area contributed by atoms with Crippen molar-refractivity contribution in [1.82, 2.24) is 10.8 Å². The van der Waals surface area contributed by atoms with Gasteiger partial charge in [0.15, 0.2) is 0 Å². The fourth-order valence-electron chi connectivity index (χ4n) is 3.10. The number of rotatable bonds is 13. The Hall–Kier alpha value is -2.89. The predicted molar refractivity (Wildman–Crippen MR) is 135 cm³/mol. The second kappa shape index (κ2) is 14.3. The molecule has 0 spiro atoms. The Labute approximate surface area is 198 Å². The Morgan fingerprint density at radius 2 is 1.64 bits per heavy atom. The molecule has 2 aromatic carbocycles. The maximum atomic E-state index is 12.0. The molecule has 0 heterocycles. The van der Waals surface area contributed by atoms with Crippen LogP contribution >= 0.6 is 0 Å². The molecule has 0 aliphatic carbocycles. The Bertz CT molecular complexity index is 929. The minimum absolute atomic E-state index is 0.0968. The van der Waals surface area contributed by atoms with Crippen LogP contribution in [0.5, 0.6) is 0 Å². The van der Waals surface area contributed by atoms with Crippen LogP contribution in [0.1, 0.15) is 56.4 Å². The summed E-state index contributed by atoms with van der Waals surface area (Å²) < 4.78 is 6.15. The van der Waals surface area contributed by atoms with E-state index in [1.165, 1.54) is 16.7 Å². The minimum Gasteiger partial charge on any atom is -0.462 e. The number of carbonyl (C=O) groups is 1. The predicted octanol–water partition coefficient (Wildman–Crippen LogP) is 5.50. The van der Waals surface area contributed by atoms with Gasteiger partial charge in [0.1, 0.15) is 11.5 Å². The van der Waals surface area contributed by atoms with E-state index in [-0.39, 0.29) is 12.5 Å². The molecule has 0 aliphatic rings. The molecule has 0 fully saturated rings. The van der Waals surface area contributed by atoms with Gasteiger partial charge >= 0.3 is 0 Å². The van der Waals surface area contributed by atoms with Crippen LogP contribution < -0.4 is 10.8 Å². The molecule has 2 aromatic rings. The molecule has 178 valence electrons. The maximum absolute atomic E-state index is 12.0. The van der Waals surface area contributed by atoms with Gasteiger partial charge in [0.2, 0.25) is 5.91 Å². The molecule has 2 rings (SSSR count). The van der Waals surface area contributed by atoms with Gasteiger partial charge in [-0.3, -0.25) is 9.63 Å². The number of benzene rings is 2. The highest BCUT2D eigenvalue weighted by atomic mass is 16.6. The molecule has 5 nitrogen and oxygen atoms in total. The summed E-state index contributed by atoms with van der Waals surface area (Å²) in [5, 5.41) is 2.90. The lowest BCUT2D eigenvalue weighted by molar-refractivity contribution is -0.122. The van der Waals surface area contributed by atoms with E-state index in [2.05, 4.69) is 86.2 Å². The van der Waals surface area contributed by atoms with Crippen LogP contribution in [-0.4, -0.2) is 25.6 Å². The van der Waals surface area contributed by atoms with Crippen molar-refractivity contribution in [1.29, 1.82) is 0 Å². The third-order valence-electron chi connectivity index (χ3n) is 5.38. The van der Waals surface area contributed by atoms with Crippen LogP contribution in [0.2, 0.25) is 0 Å². The van der Waals surface area contributed by atoms with Gasteiger partial charge in [-0.05, 0) is 62.8 Å². The van der Waals surface area contributed by atoms with Gasteiger partial charge in [-0.15, -0.1) is 0 Å². The number of nitrogens with one attached hydrogen (secondary N) is 2. The van der Waals surface area contributed by atoms with Crippen LogP contribution in [-0.2, 0) is 27.2 Å². The van der Waals surface area contributed by atoms with Crippen LogP contribution in [0.15, 0.2) is 65.9 Å². The number of amides is 1. The van der Waals surface area contributed by atoms with E-state index in [9.17, 15) is 4.79 Å². The van der Waals surface area contributed by atoms with Crippen LogP contribution in [0.25, 0.3) is 5.76 Å². The molecular weight excluding hydrogens is 412 g/mol. The Balaban J connectivity index is 1.74. The normalized spacial score (nSPS) is 12.3. The summed E-state index contributed by atoms with van der Waals surface area (Å²) in [5.41, 5.74) is 8.49. The summed E-state index contributed by atoms with van der Waals surface area (Å²) in [4.78, 5) is 17.5. The van der Waals surface area contributed by atoms with Gasteiger partial charge in [-0.1, -0.05) is 67.9 Å². The third kappa shape index (κ3) is 9.64. The number of carbonyl (C=O) groups excluding carboxylic acids is 1. The van der Waals surface area contributed by atoms with Crippen molar-refractivity contribution >= 4 is 11.7 Å². The Morgan fingerprint density at radius 1 is 0.970 bits per heavy atom. The molecule has 0 radical (unpaired) electrons. The smallest absolute Gasteiger partial charge is 0.236 e. The van der Waals surface area contributed by atoms with Crippen molar-refractivity contribution in [2.24, 2.45) is 0 Å². The highest BCUT2D eigenvalue weighted by Crippen LogP contribution is 2.22. The molecule has 0 saturated carbocycles. The minimum atomic E-state index is -0.0968. The van der Waals surface area contributed by atoms with Crippen molar-refractivity contribution in [2.45, 2.75) is 53.9 Å². The molecule has 0 atom stereocenters. The number of hydroxylamine groups is 1. The fraction of sp³-hybridized carbons (Fsp3) is 0.393. The second-order valence-corrected chi connectivity index (χ2v) is 8.16. The summed E-state index contributed by atoms with van der Waals surface area (Å²) in [6.07, 6.45) is 4.78. The lowest BCUT2D eigenvalue weighted by atomic mass is 10.1. The number of aryl methyl sites for hydroxylation is 2. The number of ether oxygens (including phenoxy) is 1. The van der Waals surface area contributed by atoms with Crippen LogP contribution in [0.4, 0.5) is 0 Å². The zero-order valence-electron chi connectivity index (χ0n) is 20.7. The lowest BCUT2D eigenvalue weighted by Gasteiger charge is -2.14. The molecule has 0 saturated heterocycles. The molecular formula is C28H38N2O3. The average Bonchev–Trinajstić information content (AvgIpc) is 2.82. The molecule has 0 aliphatic heterocycles. The van der Waals surface area contributed by atoms with Crippen LogP contribution in [0, 0.1) is 6.92 Å². The Kier molecular flexibility index (Phi) is 11.4. The van der Waals surface area contributed by atoms with E-state index in [0.717, 1.165) is 41.9 Å². The average molecular weight is 451 g/mol. The first-order valence-electron chi connectivity index (χ1n) is 11.7. The van der Waals surface area contributed by atoms with E-state index >= 15 is 0 Å². The van der Waals surface area contributed by atoms with Gasteiger partial charge in [-0.25, -0.2) is 0 Å². The monoisotopic (exact) mass is 450 g/mol. The summed E-state index contributed by atoms with van der Waals surface area (Å²) >= 11 is 0. The Morgan fingerprint density at radius 3 is 2.27 bits per heavy atom. The quantitative estimate of drug-likeness (QED) is 0.240. The summed E-state index contributed by atoms with van der Waals surface area (Å²) in [6, 6.07) is 16.8. The number of hydrogen-bond donors (Lipinski definition) is 2. The van der Waals surface area contributed by atoms with Gasteiger partial charge in [-0.2, -0.15) is 5.48 Å². The van der Waals surface area contributed by atoms with E-state index < -0.39 is 0 Å². The molecule has 0 unspecified atom stereocenters. The summed E-state index contributed by atoms with van der Waals surface area (Å²) in [6.45, 7) is 11.2. The standard InChI is InChI=1S/C28H38N2O3/c1-6-8-27(26-15-13-24(7-2)14-16-26)33-23(5)22(4)20-32-30-19-28(31)29-18-17-25-11-9-21(3)10-12-25/h8-16,30H,6-7,17-20H2,1-5H3,(H,29,31)/b23-22+,27-8+. The molecule has 0 bridgehead atoms. The van der Waals surface area contributed by atoms with E-state index in [1.54, 1.807) is 0 Å². The SMILES string of the molecule is CC/C=C(/O/C(C)=C(\C)CONCC(=O)NCCc1ccc(C)cc1)c1ccc(CC)cc1. The van der Waals surface area contributed by atoms with Crippen molar-refractivity contribution < 1.29 is 14.4 Å². The summed E-state index contributed by atoms with van der Waals surface area (Å²) in [7, 11) is 0. The van der Waals surface area contributed by atoms with Gasteiger partial charge in [0.05, 0.1) is 13.2 Å². The highest BCUT2D eigenvalue weighted by Gasteiger charge is 2.07. The second-order valence-electron chi connectivity index (χ2n) is 8.16. The lowest BCUT2D eigenvalue weighted by Crippen LogP contribution is -2.35. The van der Waals surface area contributed by atoms with Gasteiger partial charge < -0.3 is 10.1 Å². The first-order chi connectivity index (χ1) is 15.9. The van der Waals surface area contributed by atoms with Crippen molar-refractivity contribution in [2.75, 3.05) is 19.7 Å². The first-order valence-corrected chi connectivity index (χ1v) is 11.7. The van der Waals surface area contributed by atoms with Gasteiger partial charge in [0, 0.05) is 12.1 Å². The first kappa shape index (κ1) is 26.4. The maximum Gasteiger partial charge on any atom is 0.236 e. The van der Waals surface area contributed by atoms with E-state index in [4.69, 9.17) is 9.57 Å². The van der Waals surface area contributed by atoms with E-state index in [0.29, 0.717) is 13.2 Å². The third-order valence-corrected chi connectivity index (χ3v) is 5.38. The van der Waals surface area contributed by atoms with Gasteiger partial charge in [0.25, 0.3) is 0 Å². The molecule has 1 amide bonds. The van der Waals surface area contributed by atoms with Crippen molar-refractivity contribution in [3.63, 3.8) is 0 Å². The highest BCUT2D eigenvalue weighted by molar-refractivity contribution is 5.77. The van der Waals surface area contributed by atoms with Crippen LogP contribution in [0.3, 0.4) is 0 Å². The summed E-state index contributed by atoms with van der Waals surface area (Å²) in [5.74, 6) is 1.54. The molecule has 5 heteroatoms. The zero-order chi connectivity index (χ0) is 24.1. The zero-order valence-corrected chi connectivity index (χ0v) is 20.7. The topological polar surface area (TPSA) is 59.6 Å². The fourth-order valence-corrected chi connectivity index (χ4v) is 3.10. The van der Waals surface area contributed by atoms with E-state index in [1.807, 2.05) is 13.8 Å². The molecule has 33 heavy (non-hydrogen) atoms. The van der Waals surface area contributed by atoms with Crippen molar-refractivity contribution in [3.8, 4) is 0 Å². The molecule has 0 aromatic heterocycles. The largest absolute Gasteiger partial charge is 0.462 e. The molecule has 2 N–H and O–H groups in total.